The van der Waals surface area contributed by atoms with Crippen molar-refractivity contribution in [3.63, 3.8) is 0 Å². The molecule has 0 aromatic carbocycles. The van der Waals surface area contributed by atoms with Crippen molar-refractivity contribution < 1.29 is 13.9 Å². The molecule has 1 aliphatic rings. The number of rotatable bonds is 6. The Morgan fingerprint density at radius 3 is 2.93 bits per heavy atom. The third-order valence-electron chi connectivity index (χ3n) is 4.81. The van der Waals surface area contributed by atoms with E-state index in [4.69, 9.17) is 4.74 Å². The Morgan fingerprint density at radius 2 is 2.20 bits per heavy atom. The molecule has 3 aromatic heterocycles. The summed E-state index contributed by atoms with van der Waals surface area (Å²) in [5, 5.41) is 14.5. The van der Waals surface area contributed by atoms with Crippen LogP contribution in [0.15, 0.2) is 25.0 Å². The van der Waals surface area contributed by atoms with E-state index in [1.807, 2.05) is 6.92 Å². The van der Waals surface area contributed by atoms with Gasteiger partial charge in [-0.25, -0.2) is 13.9 Å². The van der Waals surface area contributed by atoms with Gasteiger partial charge < -0.3 is 20.3 Å². The predicted molar refractivity (Wildman–Crippen MR) is 108 cm³/mol. The number of halogens is 1. The number of nitrogens with one attached hydrogen (secondary N) is 2. The van der Waals surface area contributed by atoms with Crippen LogP contribution in [0.1, 0.15) is 5.69 Å². The van der Waals surface area contributed by atoms with Gasteiger partial charge in [-0.2, -0.15) is 4.98 Å². The number of aryl methyl sites for hydroxylation is 2. The smallest absolute Gasteiger partial charge is 0.256 e. The molecule has 4 rings (SSSR count). The molecule has 1 aliphatic heterocycles. The van der Waals surface area contributed by atoms with Crippen LogP contribution in [0.4, 0.5) is 21.8 Å². The van der Waals surface area contributed by atoms with Gasteiger partial charge in [0.2, 0.25) is 11.9 Å². The molecular formula is C18H22FN9O2. The van der Waals surface area contributed by atoms with E-state index < -0.39 is 18.1 Å². The highest BCUT2D eigenvalue weighted by atomic mass is 19.1. The van der Waals surface area contributed by atoms with Crippen LogP contribution in [0, 0.1) is 6.92 Å². The lowest BCUT2D eigenvalue weighted by molar-refractivity contribution is -0.117. The van der Waals surface area contributed by atoms with Gasteiger partial charge in [0.05, 0.1) is 37.8 Å². The largest absolute Gasteiger partial charge is 0.478 e. The summed E-state index contributed by atoms with van der Waals surface area (Å²) >= 11 is 0. The van der Waals surface area contributed by atoms with E-state index in [2.05, 4.69) is 37.4 Å². The van der Waals surface area contributed by atoms with Crippen molar-refractivity contribution in [1.29, 1.82) is 0 Å². The summed E-state index contributed by atoms with van der Waals surface area (Å²) in [4.78, 5) is 22.2. The molecule has 2 N–H and O–H groups in total. The molecule has 4 heterocycles. The van der Waals surface area contributed by atoms with Crippen LogP contribution in [-0.4, -0.2) is 67.7 Å². The van der Waals surface area contributed by atoms with Crippen LogP contribution >= 0.6 is 0 Å². The van der Waals surface area contributed by atoms with Crippen LogP contribution < -0.4 is 20.3 Å². The molecule has 12 heteroatoms. The number of hydrogen-bond donors (Lipinski definition) is 2. The number of nitrogens with zero attached hydrogens (tertiary/aromatic N) is 7. The van der Waals surface area contributed by atoms with Crippen molar-refractivity contribution in [2.24, 2.45) is 7.05 Å². The minimum atomic E-state index is -1.26. The zero-order valence-electron chi connectivity index (χ0n) is 16.8. The van der Waals surface area contributed by atoms with E-state index in [1.54, 1.807) is 33.5 Å². The highest BCUT2D eigenvalue weighted by Crippen LogP contribution is 2.28. The fourth-order valence-corrected chi connectivity index (χ4v) is 3.34. The number of alkyl halides is 1. The molecule has 1 saturated heterocycles. The Kier molecular flexibility index (Phi) is 4.98. The highest BCUT2D eigenvalue weighted by molar-refractivity contribution is 5.87. The Morgan fingerprint density at radius 1 is 1.40 bits per heavy atom. The first-order chi connectivity index (χ1) is 14.4. The molecular weight excluding hydrogens is 393 g/mol. The summed E-state index contributed by atoms with van der Waals surface area (Å²) in [6.07, 6.45) is 3.29. The number of imidazole rings is 1. The van der Waals surface area contributed by atoms with Crippen molar-refractivity contribution in [2.75, 3.05) is 30.4 Å². The molecule has 0 saturated carbocycles. The van der Waals surface area contributed by atoms with E-state index in [1.165, 1.54) is 7.11 Å². The Labute approximate surface area is 171 Å². The lowest BCUT2D eigenvalue weighted by Gasteiger charge is -2.17. The molecule has 0 bridgehead atoms. The second-order valence-electron chi connectivity index (χ2n) is 6.99. The van der Waals surface area contributed by atoms with Crippen LogP contribution in [-0.2, 0) is 11.8 Å². The molecule has 11 nitrogen and oxygen atoms in total. The Bertz CT molecular complexity index is 1110. The molecule has 3 aromatic rings. The third kappa shape index (κ3) is 3.51. The van der Waals surface area contributed by atoms with E-state index in [-0.39, 0.29) is 13.1 Å². The number of aromatic nitrogens is 6. The Hall–Kier alpha value is -3.70. The van der Waals surface area contributed by atoms with Crippen molar-refractivity contribution >= 4 is 29.0 Å². The highest BCUT2D eigenvalue weighted by Gasteiger charge is 2.35. The van der Waals surface area contributed by atoms with Gasteiger partial charge in [-0.3, -0.25) is 9.48 Å². The number of carbonyl (C=O) groups excluding carboxylic acids is 1. The minimum absolute atomic E-state index is 0.0526. The van der Waals surface area contributed by atoms with Gasteiger partial charge in [0.15, 0.2) is 11.5 Å². The maximum Gasteiger partial charge on any atom is 0.256 e. The van der Waals surface area contributed by atoms with Crippen LogP contribution in [0.2, 0.25) is 0 Å². The van der Waals surface area contributed by atoms with Crippen molar-refractivity contribution in [3.8, 4) is 5.88 Å². The van der Waals surface area contributed by atoms with E-state index in [0.29, 0.717) is 29.0 Å². The van der Waals surface area contributed by atoms with Crippen molar-refractivity contribution in [1.82, 2.24) is 34.7 Å². The maximum absolute atomic E-state index is 14.5. The number of anilines is 3. The molecule has 0 aliphatic carbocycles. The summed E-state index contributed by atoms with van der Waals surface area (Å²) in [6, 6.07) is -0.673. The maximum atomic E-state index is 14.5. The predicted octanol–water partition coefficient (Wildman–Crippen LogP) is 0.747. The van der Waals surface area contributed by atoms with Gasteiger partial charge in [-0.15, -0.1) is 10.2 Å². The van der Waals surface area contributed by atoms with Gasteiger partial charge in [-0.1, -0.05) is 6.58 Å². The van der Waals surface area contributed by atoms with Gasteiger partial charge in [0, 0.05) is 13.6 Å². The first kappa shape index (κ1) is 19.6. The average molecular weight is 415 g/mol. The van der Waals surface area contributed by atoms with E-state index in [0.717, 1.165) is 11.8 Å². The summed E-state index contributed by atoms with van der Waals surface area (Å²) in [5.74, 6) is 0.717. The fourth-order valence-electron chi connectivity index (χ4n) is 3.34. The molecule has 30 heavy (non-hydrogen) atoms. The summed E-state index contributed by atoms with van der Waals surface area (Å²) < 4.78 is 23.0. The number of hydrogen-bond acceptors (Lipinski definition) is 8. The fraction of sp³-hybridized carbons (Fsp3) is 0.389. The summed E-state index contributed by atoms with van der Waals surface area (Å²) in [5.41, 5.74) is 1.91. The zero-order valence-corrected chi connectivity index (χ0v) is 16.8. The van der Waals surface area contributed by atoms with Crippen molar-refractivity contribution in [3.05, 3.63) is 30.7 Å². The average Bonchev–Trinajstić information content (AvgIpc) is 3.39. The quantitative estimate of drug-likeness (QED) is 0.567. The summed E-state index contributed by atoms with van der Waals surface area (Å²) in [6.45, 7) is 5.55. The lowest BCUT2D eigenvalue weighted by Crippen LogP contribution is -2.40. The minimum Gasteiger partial charge on any atom is -0.478 e. The van der Waals surface area contributed by atoms with Crippen LogP contribution in [0.25, 0.3) is 5.65 Å². The summed E-state index contributed by atoms with van der Waals surface area (Å²) in [7, 11) is 3.30. The second kappa shape index (κ2) is 7.61. The topological polar surface area (TPSA) is 115 Å². The SMILES string of the molecule is C=CC(=O)N[C@@H]1CN(c2nc(Nc3cn(C)nc3OC)c3ncc(C)n3n2)C[C@H]1F. The molecule has 0 unspecified atom stereocenters. The third-order valence-corrected chi connectivity index (χ3v) is 4.81. The van der Waals surface area contributed by atoms with Gasteiger partial charge in [-0.05, 0) is 13.0 Å². The molecule has 2 atom stereocenters. The Balaban J connectivity index is 1.69. The molecule has 1 amide bonds. The van der Waals surface area contributed by atoms with E-state index in [9.17, 15) is 9.18 Å². The molecule has 0 spiro atoms. The number of methoxy groups -OCH3 is 1. The standard InChI is InChI=1S/C18H22FN9O2/c1-5-14(29)21-12-9-27(7-11(12)19)18-23-15(16-20-6-10(2)28(16)25-18)22-13-8-26(3)24-17(13)30-4/h5-6,8,11-12H,1,7,9H2,2-4H3,(H,21,29)(H,22,23,25)/t11-,12-/m1/s1. The normalized spacial score (nSPS) is 18.6. The molecule has 158 valence electrons. The first-order valence-electron chi connectivity index (χ1n) is 9.28. The van der Waals surface area contributed by atoms with Gasteiger partial charge >= 0.3 is 0 Å². The second-order valence-corrected chi connectivity index (χ2v) is 6.99. The number of fused-ring (bicyclic) bond motifs is 1. The first-order valence-corrected chi connectivity index (χ1v) is 9.28. The zero-order chi connectivity index (χ0) is 21.4. The molecule has 0 radical (unpaired) electrons. The van der Waals surface area contributed by atoms with Crippen molar-refractivity contribution in [2.45, 2.75) is 19.1 Å². The number of ether oxygens (including phenoxy) is 1. The number of amides is 1. The van der Waals surface area contributed by atoms with Crippen LogP contribution in [0.5, 0.6) is 5.88 Å². The molecule has 1 fully saturated rings. The lowest BCUT2D eigenvalue weighted by atomic mass is 10.2. The number of carbonyl (C=O) groups is 1. The monoisotopic (exact) mass is 415 g/mol. The van der Waals surface area contributed by atoms with Gasteiger partial charge in [0.1, 0.15) is 11.9 Å². The van der Waals surface area contributed by atoms with E-state index >= 15 is 0 Å². The van der Waals surface area contributed by atoms with Gasteiger partial charge in [0.25, 0.3) is 5.88 Å². The van der Waals surface area contributed by atoms with Crippen LogP contribution in [0.3, 0.4) is 0 Å².